The molecule has 23 heavy (non-hydrogen) atoms. The van der Waals surface area contributed by atoms with Gasteiger partial charge in [0.15, 0.2) is 5.96 Å². The van der Waals surface area contributed by atoms with E-state index in [1.165, 1.54) is 6.07 Å². The van der Waals surface area contributed by atoms with Crippen molar-refractivity contribution < 1.29 is 4.39 Å². The van der Waals surface area contributed by atoms with E-state index in [0.717, 1.165) is 16.5 Å². The summed E-state index contributed by atoms with van der Waals surface area (Å²) in [5, 5.41) is 16.3. The first-order valence-electron chi connectivity index (χ1n) is 7.56. The number of hydrogen-bond donors (Lipinski definition) is 3. The zero-order valence-electron chi connectivity index (χ0n) is 12.9. The van der Waals surface area contributed by atoms with Crippen LogP contribution in [-0.4, -0.2) is 5.96 Å². The van der Waals surface area contributed by atoms with Crippen LogP contribution in [0, 0.1) is 11.2 Å². The minimum absolute atomic E-state index is 0.148. The minimum Gasteiger partial charge on any atom is -0.326 e. The maximum Gasteiger partial charge on any atom is 0.197 e. The van der Waals surface area contributed by atoms with Crippen molar-refractivity contribution in [3.05, 3.63) is 72.0 Å². The molecule has 116 valence electrons. The molecule has 0 heterocycles. The van der Waals surface area contributed by atoms with Crippen molar-refractivity contribution >= 4 is 28.1 Å². The summed E-state index contributed by atoms with van der Waals surface area (Å²) in [6, 6.07) is 18.7. The summed E-state index contributed by atoms with van der Waals surface area (Å²) in [6.07, 6.45) is 0.617. The number of hydrogen-bond acceptors (Lipinski definition) is 1. The molecule has 0 aromatic heterocycles. The highest BCUT2D eigenvalue weighted by Crippen LogP contribution is 2.23. The van der Waals surface area contributed by atoms with Crippen LogP contribution in [0.5, 0.6) is 0 Å². The lowest BCUT2D eigenvalue weighted by Crippen LogP contribution is -2.20. The van der Waals surface area contributed by atoms with Crippen LogP contribution in [0.2, 0.25) is 0 Å². The van der Waals surface area contributed by atoms with Gasteiger partial charge in [0, 0.05) is 16.8 Å². The Morgan fingerprint density at radius 1 is 1.00 bits per heavy atom. The smallest absolute Gasteiger partial charge is 0.197 e. The summed E-state index contributed by atoms with van der Waals surface area (Å²) < 4.78 is 13.5. The quantitative estimate of drug-likeness (QED) is 0.471. The number of benzene rings is 3. The van der Waals surface area contributed by atoms with Crippen LogP contribution in [0.3, 0.4) is 0 Å². The Morgan fingerprint density at radius 3 is 2.61 bits per heavy atom. The predicted octanol–water partition coefficient (Wildman–Crippen LogP) is 5.00. The molecule has 3 nitrogen and oxygen atoms in total. The highest BCUT2D eigenvalue weighted by molar-refractivity contribution is 6.07. The van der Waals surface area contributed by atoms with Crippen molar-refractivity contribution in [2.24, 2.45) is 0 Å². The average molecular weight is 307 g/mol. The molecule has 3 rings (SSSR count). The predicted molar refractivity (Wildman–Crippen MR) is 94.7 cm³/mol. The van der Waals surface area contributed by atoms with Gasteiger partial charge in [-0.15, -0.1) is 0 Å². The van der Waals surface area contributed by atoms with Gasteiger partial charge in [0.1, 0.15) is 5.82 Å². The number of nitrogens with one attached hydrogen (secondary N) is 3. The second kappa shape index (κ2) is 6.48. The molecule has 0 atom stereocenters. The van der Waals surface area contributed by atoms with Gasteiger partial charge < -0.3 is 10.6 Å². The Morgan fingerprint density at radius 2 is 1.78 bits per heavy atom. The monoisotopic (exact) mass is 307 g/mol. The number of aryl methyl sites for hydroxylation is 1. The van der Waals surface area contributed by atoms with Gasteiger partial charge in [-0.25, -0.2) is 4.39 Å². The molecule has 0 amide bonds. The Bertz CT molecular complexity index is 853. The zero-order chi connectivity index (χ0) is 16.2. The van der Waals surface area contributed by atoms with E-state index in [4.69, 9.17) is 5.41 Å². The molecule has 0 aliphatic heterocycles. The van der Waals surface area contributed by atoms with Gasteiger partial charge in [-0.3, -0.25) is 5.41 Å². The second-order valence-corrected chi connectivity index (χ2v) is 5.31. The third-order valence-electron chi connectivity index (χ3n) is 3.75. The molecule has 0 radical (unpaired) electrons. The summed E-state index contributed by atoms with van der Waals surface area (Å²) in [4.78, 5) is 0. The van der Waals surface area contributed by atoms with Crippen LogP contribution in [0.25, 0.3) is 10.8 Å². The molecular weight excluding hydrogens is 289 g/mol. The molecule has 4 heteroatoms. The number of halogens is 1. The van der Waals surface area contributed by atoms with E-state index >= 15 is 0 Å². The van der Waals surface area contributed by atoms with E-state index in [1.54, 1.807) is 12.1 Å². The van der Waals surface area contributed by atoms with Crippen molar-refractivity contribution in [3.63, 3.8) is 0 Å². The third-order valence-corrected chi connectivity index (χ3v) is 3.75. The fourth-order valence-corrected chi connectivity index (χ4v) is 2.57. The van der Waals surface area contributed by atoms with Gasteiger partial charge in [-0.1, -0.05) is 43.3 Å². The lowest BCUT2D eigenvalue weighted by atomic mass is 10.1. The summed E-state index contributed by atoms with van der Waals surface area (Å²) in [7, 11) is 0. The van der Waals surface area contributed by atoms with Gasteiger partial charge in [0.2, 0.25) is 0 Å². The van der Waals surface area contributed by atoms with Gasteiger partial charge in [-0.05, 0) is 41.6 Å². The van der Waals surface area contributed by atoms with Crippen molar-refractivity contribution in [1.29, 1.82) is 5.41 Å². The van der Waals surface area contributed by atoms with Crippen LogP contribution in [0.4, 0.5) is 15.8 Å². The van der Waals surface area contributed by atoms with Crippen LogP contribution in [0.1, 0.15) is 12.5 Å². The lowest BCUT2D eigenvalue weighted by Gasteiger charge is -2.13. The average Bonchev–Trinajstić information content (AvgIpc) is 2.57. The summed E-state index contributed by atoms with van der Waals surface area (Å²) in [5.74, 6) is -0.0680. The molecule has 0 unspecified atom stereocenters. The number of anilines is 2. The molecule has 3 aromatic rings. The van der Waals surface area contributed by atoms with Crippen LogP contribution in [0.15, 0.2) is 60.7 Å². The van der Waals surface area contributed by atoms with E-state index in [-0.39, 0.29) is 11.8 Å². The molecule has 0 saturated carbocycles. The number of fused-ring (bicyclic) bond motifs is 1. The van der Waals surface area contributed by atoms with Crippen molar-refractivity contribution in [1.82, 2.24) is 0 Å². The Labute approximate surface area is 134 Å². The first kappa shape index (κ1) is 15.0. The van der Waals surface area contributed by atoms with Gasteiger partial charge in [0.05, 0.1) is 0 Å². The molecule has 0 aliphatic rings. The van der Waals surface area contributed by atoms with Crippen molar-refractivity contribution in [2.45, 2.75) is 13.3 Å². The number of rotatable bonds is 3. The van der Waals surface area contributed by atoms with Crippen LogP contribution < -0.4 is 10.6 Å². The normalized spacial score (nSPS) is 10.5. The molecule has 0 spiro atoms. The topological polar surface area (TPSA) is 47.9 Å². The standard InChI is InChI=1S/C19H18FN3/c1-2-13-12-15(10-11-17(13)20)22-19(21)23-18-9-5-7-14-6-3-4-8-16(14)18/h3-12H,2H2,1H3,(H3,21,22,23). The van der Waals surface area contributed by atoms with Gasteiger partial charge >= 0.3 is 0 Å². The third kappa shape index (κ3) is 3.31. The first-order valence-corrected chi connectivity index (χ1v) is 7.56. The summed E-state index contributed by atoms with van der Waals surface area (Å²) >= 11 is 0. The Hall–Kier alpha value is -2.88. The largest absolute Gasteiger partial charge is 0.326 e. The van der Waals surface area contributed by atoms with E-state index in [0.29, 0.717) is 17.7 Å². The molecule has 0 fully saturated rings. The van der Waals surface area contributed by atoms with E-state index < -0.39 is 0 Å². The molecule has 0 saturated heterocycles. The lowest BCUT2D eigenvalue weighted by molar-refractivity contribution is 0.612. The first-order chi connectivity index (χ1) is 11.2. The number of guanidine groups is 1. The molecular formula is C19H18FN3. The summed E-state index contributed by atoms with van der Waals surface area (Å²) in [6.45, 7) is 1.90. The van der Waals surface area contributed by atoms with E-state index in [2.05, 4.69) is 10.6 Å². The van der Waals surface area contributed by atoms with E-state index in [9.17, 15) is 4.39 Å². The van der Waals surface area contributed by atoms with Gasteiger partial charge in [-0.2, -0.15) is 0 Å². The second-order valence-electron chi connectivity index (χ2n) is 5.31. The highest BCUT2D eigenvalue weighted by Gasteiger charge is 2.05. The SMILES string of the molecule is CCc1cc(NC(=N)Nc2cccc3ccccc23)ccc1F. The van der Waals surface area contributed by atoms with Crippen molar-refractivity contribution in [2.75, 3.05) is 10.6 Å². The van der Waals surface area contributed by atoms with Crippen LogP contribution >= 0.6 is 0 Å². The molecule has 0 bridgehead atoms. The minimum atomic E-state index is -0.216. The fraction of sp³-hybridized carbons (Fsp3) is 0.105. The van der Waals surface area contributed by atoms with Crippen molar-refractivity contribution in [3.8, 4) is 0 Å². The molecule has 0 aliphatic carbocycles. The van der Waals surface area contributed by atoms with Crippen LogP contribution in [-0.2, 0) is 6.42 Å². The maximum atomic E-state index is 13.5. The summed E-state index contributed by atoms with van der Waals surface area (Å²) in [5.41, 5.74) is 2.19. The maximum absolute atomic E-state index is 13.5. The Kier molecular flexibility index (Phi) is 4.24. The molecule has 3 N–H and O–H groups in total. The van der Waals surface area contributed by atoms with Gasteiger partial charge in [0.25, 0.3) is 0 Å². The zero-order valence-corrected chi connectivity index (χ0v) is 12.9. The highest BCUT2D eigenvalue weighted by atomic mass is 19.1. The Balaban J connectivity index is 1.79. The molecule has 3 aromatic carbocycles. The van der Waals surface area contributed by atoms with E-state index in [1.807, 2.05) is 49.4 Å². The fourth-order valence-electron chi connectivity index (χ4n) is 2.57.